The van der Waals surface area contributed by atoms with Crippen molar-refractivity contribution in [3.8, 4) is 11.5 Å². The van der Waals surface area contributed by atoms with Gasteiger partial charge in [0.1, 0.15) is 29.8 Å². The van der Waals surface area contributed by atoms with Crippen LogP contribution in [-0.4, -0.2) is 30.7 Å². The molecule has 9 heteroatoms. The molecule has 0 saturated carbocycles. The molecule has 7 nitrogen and oxygen atoms in total. The number of rotatable bonds is 12. The molecular formula is C26H24ClFN3O4+. The van der Waals surface area contributed by atoms with Gasteiger partial charge in [-0.1, -0.05) is 29.8 Å². The number of hydrogen-bond acceptors (Lipinski definition) is 5. The average Bonchev–Trinajstić information content (AvgIpc) is 2.86. The molecule has 0 spiro atoms. The van der Waals surface area contributed by atoms with Gasteiger partial charge in [-0.05, 0) is 60.2 Å². The van der Waals surface area contributed by atoms with Crippen LogP contribution in [0.25, 0.3) is 0 Å². The van der Waals surface area contributed by atoms with Crippen molar-refractivity contribution in [1.82, 2.24) is 5.32 Å². The van der Waals surface area contributed by atoms with Crippen LogP contribution in [0.4, 0.5) is 10.1 Å². The van der Waals surface area contributed by atoms with Gasteiger partial charge in [0.25, 0.3) is 5.91 Å². The van der Waals surface area contributed by atoms with E-state index in [1.165, 1.54) is 30.7 Å². The Morgan fingerprint density at radius 1 is 1.03 bits per heavy atom. The van der Waals surface area contributed by atoms with Crippen LogP contribution in [0, 0.1) is 17.6 Å². The van der Waals surface area contributed by atoms with Gasteiger partial charge in [0, 0.05) is 10.7 Å². The monoisotopic (exact) mass is 496 g/mol. The highest BCUT2D eigenvalue weighted by Gasteiger charge is 2.23. The first kappa shape index (κ1) is 25.7. The summed E-state index contributed by atoms with van der Waals surface area (Å²) in [5.74, 6) is -0.269. The second kappa shape index (κ2) is 13.1. The van der Waals surface area contributed by atoms with Crippen molar-refractivity contribution in [3.63, 3.8) is 0 Å². The molecule has 1 unspecified atom stereocenters. The second-order valence-electron chi connectivity index (χ2n) is 7.40. The predicted octanol–water partition coefficient (Wildman–Crippen LogP) is 5.16. The number of benzene rings is 3. The van der Waals surface area contributed by atoms with Crippen LogP contribution in [0.2, 0.25) is 5.02 Å². The Morgan fingerprint density at radius 2 is 1.69 bits per heavy atom. The van der Waals surface area contributed by atoms with Crippen molar-refractivity contribution < 1.29 is 23.5 Å². The zero-order chi connectivity index (χ0) is 25.0. The first-order chi connectivity index (χ1) is 16.9. The van der Waals surface area contributed by atoms with E-state index in [9.17, 15) is 14.0 Å². The van der Waals surface area contributed by atoms with Gasteiger partial charge in [-0.25, -0.2) is 4.39 Å². The maximum absolute atomic E-state index is 13.0. The summed E-state index contributed by atoms with van der Waals surface area (Å²) in [6.45, 7) is 0.0838. The van der Waals surface area contributed by atoms with Gasteiger partial charge in [0.05, 0.1) is 13.2 Å². The van der Waals surface area contributed by atoms with E-state index in [0.717, 1.165) is 11.8 Å². The van der Waals surface area contributed by atoms with Gasteiger partial charge in [-0.2, -0.15) is 0 Å². The predicted molar refractivity (Wildman–Crippen MR) is 132 cm³/mol. The van der Waals surface area contributed by atoms with Crippen LogP contribution in [0.15, 0.2) is 72.8 Å². The summed E-state index contributed by atoms with van der Waals surface area (Å²) < 4.78 is 24.3. The number of ether oxygens (including phenoxy) is 2. The van der Waals surface area contributed by atoms with E-state index in [2.05, 4.69) is 10.6 Å². The molecule has 2 amide bonds. The molecular weight excluding hydrogens is 473 g/mol. The van der Waals surface area contributed by atoms with Crippen LogP contribution >= 0.6 is 11.6 Å². The third-order valence-corrected chi connectivity index (χ3v) is 5.11. The van der Waals surface area contributed by atoms with E-state index < -0.39 is 17.9 Å². The van der Waals surface area contributed by atoms with Crippen LogP contribution < -0.4 is 15.4 Å². The van der Waals surface area contributed by atoms with Gasteiger partial charge in [0.2, 0.25) is 5.91 Å². The smallest absolute Gasteiger partial charge is 0.266 e. The molecule has 3 rings (SSSR count). The molecule has 180 valence electrons. The topological polar surface area (TPSA) is 101 Å². The Morgan fingerprint density at radius 3 is 2.34 bits per heavy atom. The zero-order valence-corrected chi connectivity index (χ0v) is 19.4. The molecule has 0 aliphatic heterocycles. The van der Waals surface area contributed by atoms with Gasteiger partial charge >= 0.3 is 0 Å². The summed E-state index contributed by atoms with van der Waals surface area (Å²) in [6.07, 6.45) is 2.35. The highest BCUT2D eigenvalue weighted by molar-refractivity contribution is 6.31. The number of anilines is 1. The van der Waals surface area contributed by atoms with E-state index in [-0.39, 0.29) is 25.5 Å². The maximum atomic E-state index is 13.0. The van der Waals surface area contributed by atoms with E-state index in [1.807, 2.05) is 12.1 Å². The molecule has 0 bridgehead atoms. The number of hydrogen-bond donors (Lipinski definition) is 3. The van der Waals surface area contributed by atoms with Crippen molar-refractivity contribution in [2.45, 2.75) is 19.1 Å². The van der Waals surface area contributed by atoms with Crippen LogP contribution in [0.5, 0.6) is 11.5 Å². The minimum atomic E-state index is -0.973. The molecule has 3 aromatic rings. The fourth-order valence-electron chi connectivity index (χ4n) is 2.98. The minimum absolute atomic E-state index is 0.0345. The fourth-order valence-corrected chi connectivity index (χ4v) is 3.17. The Kier molecular flexibility index (Phi) is 9.65. The molecule has 0 aliphatic carbocycles. The quantitative estimate of drug-likeness (QED) is 0.238. The lowest BCUT2D eigenvalue weighted by atomic mass is 10.2. The van der Waals surface area contributed by atoms with E-state index >= 15 is 0 Å². The Labute approximate surface area is 207 Å². The van der Waals surface area contributed by atoms with Crippen LogP contribution in [-0.2, 0) is 20.9 Å². The van der Waals surface area contributed by atoms with Gasteiger partial charge in [-0.15, -0.1) is 0 Å². The first-order valence-electron chi connectivity index (χ1n) is 10.7. The summed E-state index contributed by atoms with van der Waals surface area (Å²) in [5, 5.41) is 12.9. The molecule has 0 radical (unpaired) electrons. The van der Waals surface area contributed by atoms with Crippen LogP contribution in [0.1, 0.15) is 12.0 Å². The summed E-state index contributed by atoms with van der Waals surface area (Å²) in [7, 11) is 0. The summed E-state index contributed by atoms with van der Waals surface area (Å²) >= 11 is 6.14. The Hall–Kier alpha value is -3.88. The Bertz CT molecular complexity index is 1140. The van der Waals surface area contributed by atoms with E-state index in [0.29, 0.717) is 22.2 Å². The molecule has 0 saturated heterocycles. The van der Waals surface area contributed by atoms with Crippen molar-refractivity contribution in [2.75, 3.05) is 11.9 Å². The van der Waals surface area contributed by atoms with Gasteiger partial charge < -0.3 is 20.1 Å². The van der Waals surface area contributed by atoms with E-state index in [4.69, 9.17) is 26.5 Å². The largest absolute Gasteiger partial charge is 0.457 e. The van der Waals surface area contributed by atoms with Crippen LogP contribution in [0.3, 0.4) is 0 Å². The number of carbonyl (C=O) groups is 2. The lowest BCUT2D eigenvalue weighted by Gasteiger charge is -2.18. The van der Waals surface area contributed by atoms with Crippen molar-refractivity contribution in [3.05, 3.63) is 95.6 Å². The lowest BCUT2D eigenvalue weighted by Crippen LogP contribution is -2.46. The number of nitrogens with one attached hydrogen (secondary N) is 3. The van der Waals surface area contributed by atoms with Gasteiger partial charge in [0.15, 0.2) is 12.6 Å². The highest BCUT2D eigenvalue weighted by Crippen LogP contribution is 2.23. The highest BCUT2D eigenvalue weighted by atomic mass is 35.5. The van der Waals surface area contributed by atoms with E-state index in [1.54, 1.807) is 36.4 Å². The molecule has 0 aliphatic rings. The zero-order valence-electron chi connectivity index (χ0n) is 18.7. The number of halogens is 2. The molecule has 3 aromatic carbocycles. The fraction of sp³-hybridized carbons (Fsp3) is 0.154. The standard InChI is InChI=1S/C26H23ClFN3O4/c27-23-5-2-1-4-18(23)16-34-17-24(31-25(32)6-3-15-29)26(33)30-20-9-13-22(14-10-20)35-21-11-7-19(28)8-12-21/h1-5,7-15,24,29H,6,16-17H2,(H-,30,31,32,33)/p+1. The molecule has 0 fully saturated rings. The lowest BCUT2D eigenvalue weighted by molar-refractivity contribution is -0.127. The van der Waals surface area contributed by atoms with Crippen molar-refractivity contribution in [1.29, 1.82) is 5.41 Å². The summed E-state index contributed by atoms with van der Waals surface area (Å²) in [4.78, 5) is 25.0. The molecule has 0 aromatic heterocycles. The first-order valence-corrected chi connectivity index (χ1v) is 11.1. The molecule has 35 heavy (non-hydrogen) atoms. The average molecular weight is 497 g/mol. The number of amides is 2. The SMILES string of the molecule is N=C[CH+]CC(=O)NC(COCc1ccccc1Cl)C(=O)Nc1ccc(Oc2ccc(F)cc2)cc1. The molecule has 3 N–H and O–H groups in total. The summed E-state index contributed by atoms with van der Waals surface area (Å²) in [5.41, 5.74) is 1.24. The third kappa shape index (κ3) is 8.44. The third-order valence-electron chi connectivity index (χ3n) is 4.74. The van der Waals surface area contributed by atoms with Gasteiger partial charge in [-0.3, -0.25) is 15.0 Å². The molecule has 1 atom stereocenters. The second-order valence-corrected chi connectivity index (χ2v) is 7.81. The Balaban J connectivity index is 1.60. The van der Waals surface area contributed by atoms with Crippen molar-refractivity contribution >= 4 is 35.3 Å². The maximum Gasteiger partial charge on any atom is 0.266 e. The normalized spacial score (nSPS) is 11.3. The molecule has 0 heterocycles. The van der Waals surface area contributed by atoms with Crippen molar-refractivity contribution in [2.24, 2.45) is 0 Å². The number of carbonyl (C=O) groups excluding carboxylic acids is 2. The minimum Gasteiger partial charge on any atom is -0.457 e. The summed E-state index contributed by atoms with van der Waals surface area (Å²) in [6, 6.07) is 18.4.